The van der Waals surface area contributed by atoms with Crippen LogP contribution in [0.1, 0.15) is 33.1 Å². The van der Waals surface area contributed by atoms with Crippen molar-refractivity contribution < 1.29 is 31.3 Å². The summed E-state index contributed by atoms with van der Waals surface area (Å²) in [5.74, 6) is -3.93. The summed E-state index contributed by atoms with van der Waals surface area (Å²) in [6, 6.07) is 10.9. The molecule has 3 rings (SSSR count). The average Bonchev–Trinajstić information content (AvgIpc) is 2.73. The van der Waals surface area contributed by atoms with Crippen LogP contribution in [0, 0.1) is 18.6 Å². The molecule has 164 valence electrons. The molecule has 1 unspecified atom stereocenters. The normalized spacial score (nSPS) is 12.2. The minimum atomic E-state index is -5.11. The fourth-order valence-electron chi connectivity index (χ4n) is 2.57. The van der Waals surface area contributed by atoms with Crippen molar-refractivity contribution in [1.82, 2.24) is 5.34 Å². The maximum Gasteiger partial charge on any atom is 0.420 e. The van der Waals surface area contributed by atoms with E-state index in [4.69, 9.17) is 5.73 Å². The molecule has 0 bridgehead atoms. The van der Waals surface area contributed by atoms with Crippen LogP contribution in [-0.2, 0) is 0 Å². The van der Waals surface area contributed by atoms with Crippen molar-refractivity contribution in [2.75, 3.05) is 0 Å². The van der Waals surface area contributed by atoms with Gasteiger partial charge in [-0.1, -0.05) is 57.0 Å². The van der Waals surface area contributed by atoms with Gasteiger partial charge in [0.25, 0.3) is 5.78 Å². The highest BCUT2D eigenvalue weighted by atomic mass is 19.4. The third-order valence-electron chi connectivity index (χ3n) is 4.20. The number of benzene rings is 3. The lowest BCUT2D eigenvalue weighted by Crippen LogP contribution is -2.38. The molecule has 3 nitrogen and oxygen atoms in total. The summed E-state index contributed by atoms with van der Waals surface area (Å²) in [6.07, 6.45) is 0. The minimum absolute atomic E-state index is 0.106. The Morgan fingerprint density at radius 3 is 1.94 bits per heavy atom. The summed E-state index contributed by atoms with van der Waals surface area (Å²) >= 11 is 0. The number of alkyl halides is 2. The van der Waals surface area contributed by atoms with Crippen molar-refractivity contribution in [2.45, 2.75) is 19.0 Å². The van der Waals surface area contributed by atoms with E-state index in [2.05, 4.69) is 19.1 Å². The number of nitrogens with zero attached hydrogens (tertiary/aromatic N) is 1. The lowest BCUT2D eigenvalue weighted by atomic mass is 9.96. The Hall–Kier alpha value is -3.17. The van der Waals surface area contributed by atoms with E-state index in [1.165, 1.54) is 17.7 Å². The molecule has 3 aromatic carbocycles. The summed E-state index contributed by atoms with van der Waals surface area (Å²) < 4.78 is 76.9. The first-order chi connectivity index (χ1) is 14.5. The number of rotatable bonds is 5. The van der Waals surface area contributed by atoms with Crippen LogP contribution in [0.15, 0.2) is 72.8 Å². The average molecular weight is 440 g/mol. The van der Waals surface area contributed by atoms with Gasteiger partial charge in [-0.25, -0.2) is 8.78 Å². The number of hydrogen-bond donors (Lipinski definition) is 1. The number of halogens is 6. The number of ketones is 1. The molecule has 0 aliphatic carbocycles. The fraction of sp³-hybridized carbons (Fsp3) is 0.136. The number of carbonyl (C=O) groups is 1. The van der Waals surface area contributed by atoms with Crippen LogP contribution < -0.4 is 5.73 Å². The van der Waals surface area contributed by atoms with Crippen molar-refractivity contribution in [3.05, 3.63) is 107 Å². The summed E-state index contributed by atoms with van der Waals surface area (Å²) in [7, 11) is 0. The SMILES string of the molecule is Cc1ccccc1.NC(c1ccc(F)cc1)c1cc(F)cc(C(=O)C(F)(F)N(F)F)c1. The summed E-state index contributed by atoms with van der Waals surface area (Å²) in [5, 5.41) is -2.56. The molecule has 3 aromatic rings. The van der Waals surface area contributed by atoms with Crippen molar-refractivity contribution >= 4 is 5.78 Å². The van der Waals surface area contributed by atoms with Crippen molar-refractivity contribution in [3.63, 3.8) is 0 Å². The van der Waals surface area contributed by atoms with Crippen LogP contribution in [0.2, 0.25) is 0 Å². The van der Waals surface area contributed by atoms with Gasteiger partial charge in [-0.15, -0.1) is 0 Å². The van der Waals surface area contributed by atoms with Crippen LogP contribution in [0.4, 0.5) is 26.5 Å². The second-order valence-electron chi connectivity index (χ2n) is 6.56. The third-order valence-corrected chi connectivity index (χ3v) is 4.20. The van der Waals surface area contributed by atoms with E-state index in [9.17, 15) is 31.3 Å². The van der Waals surface area contributed by atoms with Gasteiger partial charge in [0.15, 0.2) is 0 Å². The fourth-order valence-corrected chi connectivity index (χ4v) is 2.57. The van der Waals surface area contributed by atoms with E-state index >= 15 is 0 Å². The first-order valence-electron chi connectivity index (χ1n) is 8.90. The van der Waals surface area contributed by atoms with Gasteiger partial charge >= 0.3 is 6.05 Å². The maximum atomic E-state index is 13.6. The highest BCUT2D eigenvalue weighted by molar-refractivity contribution is 6.01. The van der Waals surface area contributed by atoms with Crippen LogP contribution in [0.25, 0.3) is 0 Å². The Bertz CT molecular complexity index is 1010. The molecule has 0 saturated carbocycles. The number of nitrogens with two attached hydrogens (primary N) is 1. The van der Waals surface area contributed by atoms with E-state index in [0.29, 0.717) is 11.6 Å². The number of aryl methyl sites for hydroxylation is 1. The van der Waals surface area contributed by atoms with Crippen LogP contribution in [0.3, 0.4) is 0 Å². The highest BCUT2D eigenvalue weighted by Gasteiger charge is 2.48. The molecule has 0 fully saturated rings. The van der Waals surface area contributed by atoms with Crippen LogP contribution in [-0.4, -0.2) is 17.2 Å². The van der Waals surface area contributed by atoms with Gasteiger partial charge in [0.1, 0.15) is 11.6 Å². The van der Waals surface area contributed by atoms with Gasteiger partial charge in [-0.2, -0.15) is 8.78 Å². The summed E-state index contributed by atoms with van der Waals surface area (Å²) in [6.45, 7) is 2.08. The van der Waals surface area contributed by atoms with Crippen molar-refractivity contribution in [3.8, 4) is 0 Å². The molecule has 0 aliphatic rings. The van der Waals surface area contributed by atoms with Gasteiger partial charge in [0.05, 0.1) is 11.4 Å². The summed E-state index contributed by atoms with van der Waals surface area (Å²) in [5.41, 5.74) is 6.39. The molecule has 1 atom stereocenters. The molecule has 9 heteroatoms. The zero-order valence-electron chi connectivity index (χ0n) is 16.2. The molecule has 31 heavy (non-hydrogen) atoms. The predicted octanol–water partition coefficient (Wildman–Crippen LogP) is 5.85. The van der Waals surface area contributed by atoms with Crippen molar-refractivity contribution in [2.24, 2.45) is 5.73 Å². The molecule has 0 heterocycles. The Labute approximate surface area is 174 Å². The standard InChI is InChI=1S/C15H10F6N2O.C7H8/c16-11-3-1-8(2-4-11)13(22)9-5-10(7-12(17)6-9)14(24)15(18,19)23(20)21;1-7-5-3-2-4-6-7/h1-7,13H,22H2;2-6H,1H3. The van der Waals surface area contributed by atoms with Crippen molar-refractivity contribution in [1.29, 1.82) is 0 Å². The van der Waals surface area contributed by atoms with E-state index in [-0.39, 0.29) is 5.56 Å². The molecule has 2 N–H and O–H groups in total. The zero-order chi connectivity index (χ0) is 23.2. The third kappa shape index (κ3) is 6.40. The largest absolute Gasteiger partial charge is 0.420 e. The zero-order valence-corrected chi connectivity index (χ0v) is 16.2. The Balaban J connectivity index is 0.000000412. The molecule has 0 aliphatic heterocycles. The van der Waals surface area contributed by atoms with Gasteiger partial charge < -0.3 is 5.73 Å². The van der Waals surface area contributed by atoms with Gasteiger partial charge in [0, 0.05) is 5.56 Å². The van der Waals surface area contributed by atoms with E-state index in [0.717, 1.165) is 24.3 Å². The molecule has 0 radical (unpaired) electrons. The lowest BCUT2D eigenvalue weighted by Gasteiger charge is -2.17. The molecular weight excluding hydrogens is 422 g/mol. The molecule has 0 aromatic heterocycles. The lowest BCUT2D eigenvalue weighted by molar-refractivity contribution is -0.304. The molecule has 0 saturated heterocycles. The first-order valence-corrected chi connectivity index (χ1v) is 8.90. The number of Topliss-reactive ketones (excluding diaryl/α,β-unsaturated/α-hetero) is 1. The first kappa shape index (κ1) is 24.1. The maximum absolute atomic E-state index is 13.6. The van der Waals surface area contributed by atoms with Crippen LogP contribution >= 0.6 is 0 Å². The second-order valence-corrected chi connectivity index (χ2v) is 6.56. The van der Waals surface area contributed by atoms with E-state index in [1.54, 1.807) is 0 Å². The number of carbonyl (C=O) groups excluding carboxylic acids is 1. The molecule has 0 spiro atoms. The van der Waals surface area contributed by atoms with E-state index < -0.39 is 40.4 Å². The highest BCUT2D eigenvalue weighted by Crippen LogP contribution is 2.28. The molecule has 0 amide bonds. The van der Waals surface area contributed by atoms with Crippen LogP contribution in [0.5, 0.6) is 0 Å². The number of hydrogen-bond acceptors (Lipinski definition) is 3. The Kier molecular flexibility index (Phi) is 7.95. The summed E-state index contributed by atoms with van der Waals surface area (Å²) in [4.78, 5) is 11.5. The second kappa shape index (κ2) is 10.2. The Morgan fingerprint density at radius 2 is 1.45 bits per heavy atom. The van der Waals surface area contributed by atoms with Gasteiger partial charge in [-0.3, -0.25) is 4.79 Å². The van der Waals surface area contributed by atoms with Gasteiger partial charge in [-0.05, 0) is 48.4 Å². The van der Waals surface area contributed by atoms with Gasteiger partial charge in [0.2, 0.25) is 0 Å². The van der Waals surface area contributed by atoms with E-state index in [1.807, 2.05) is 18.2 Å². The molecular formula is C22H18F6N2O. The quantitative estimate of drug-likeness (QED) is 0.234. The predicted molar refractivity (Wildman–Crippen MR) is 103 cm³/mol. The Morgan fingerprint density at radius 1 is 0.871 bits per heavy atom. The topological polar surface area (TPSA) is 46.3 Å². The smallest absolute Gasteiger partial charge is 0.320 e. The monoisotopic (exact) mass is 440 g/mol. The minimum Gasteiger partial charge on any atom is -0.320 e.